The minimum absolute atomic E-state index is 0.116. The van der Waals surface area contributed by atoms with Crippen LogP contribution in [0.5, 0.6) is 17.2 Å². The van der Waals surface area contributed by atoms with E-state index in [1.165, 1.54) is 0 Å². The molecule has 0 aromatic heterocycles. The number of methoxy groups -OCH3 is 1. The first kappa shape index (κ1) is 20.9. The molecule has 146 valence electrons. The topological polar surface area (TPSA) is 56.8 Å². The Kier molecular flexibility index (Phi) is 7.80. The van der Waals surface area contributed by atoms with Crippen LogP contribution in [0, 0.1) is 0 Å². The minimum atomic E-state index is -0.183. The normalized spacial score (nSPS) is 11.6. The van der Waals surface area contributed by atoms with Crippen molar-refractivity contribution in [3.05, 3.63) is 52.5 Å². The largest absolute Gasteiger partial charge is 0.496 e. The highest BCUT2D eigenvalue weighted by molar-refractivity contribution is 6.30. The van der Waals surface area contributed by atoms with Gasteiger partial charge in [0.05, 0.1) is 32.8 Å². The molecule has 6 heteroatoms. The molecule has 5 nitrogen and oxygen atoms in total. The van der Waals surface area contributed by atoms with Gasteiger partial charge in [-0.2, -0.15) is 0 Å². The van der Waals surface area contributed by atoms with E-state index in [0.29, 0.717) is 35.5 Å². The average Bonchev–Trinajstić information content (AvgIpc) is 2.63. The van der Waals surface area contributed by atoms with Crippen molar-refractivity contribution in [1.82, 2.24) is 5.32 Å². The van der Waals surface area contributed by atoms with Crippen molar-refractivity contribution >= 4 is 17.5 Å². The van der Waals surface area contributed by atoms with Gasteiger partial charge in [-0.1, -0.05) is 17.7 Å². The fraction of sp³-hybridized carbons (Fsp3) is 0.381. The zero-order chi connectivity index (χ0) is 19.8. The standard InChI is InChI=1S/C21H26ClNO4/c1-5-26-19-9-7-15(12-20(19)27-6-2)14(3)23-21(24)13-16-11-17(22)8-10-18(16)25-4/h7-12,14H,5-6,13H2,1-4H3,(H,23,24)/t14-/m0/s1. The van der Waals surface area contributed by atoms with Gasteiger partial charge in [-0.3, -0.25) is 4.79 Å². The first-order chi connectivity index (χ1) is 13.0. The van der Waals surface area contributed by atoms with Crippen LogP contribution in [0.3, 0.4) is 0 Å². The van der Waals surface area contributed by atoms with Crippen LogP contribution in [0.25, 0.3) is 0 Å². The number of halogens is 1. The molecule has 1 N–H and O–H groups in total. The molecule has 0 aliphatic rings. The van der Waals surface area contributed by atoms with E-state index in [1.807, 2.05) is 39.0 Å². The summed E-state index contributed by atoms with van der Waals surface area (Å²) in [5, 5.41) is 3.57. The quantitative estimate of drug-likeness (QED) is 0.680. The Labute approximate surface area is 165 Å². The van der Waals surface area contributed by atoms with E-state index in [-0.39, 0.29) is 18.4 Å². The van der Waals surface area contributed by atoms with Gasteiger partial charge in [-0.25, -0.2) is 0 Å². The molecule has 0 fully saturated rings. The molecule has 2 rings (SSSR count). The van der Waals surface area contributed by atoms with E-state index in [1.54, 1.807) is 25.3 Å². The monoisotopic (exact) mass is 391 g/mol. The van der Waals surface area contributed by atoms with Gasteiger partial charge in [0.25, 0.3) is 0 Å². The summed E-state index contributed by atoms with van der Waals surface area (Å²) in [4.78, 5) is 12.5. The summed E-state index contributed by atoms with van der Waals surface area (Å²) in [5.74, 6) is 1.90. The third-order valence-corrected chi connectivity index (χ3v) is 4.27. The molecule has 0 saturated heterocycles. The van der Waals surface area contributed by atoms with Gasteiger partial charge in [0.1, 0.15) is 5.75 Å². The number of rotatable bonds is 9. The van der Waals surface area contributed by atoms with Crippen LogP contribution in [0.1, 0.15) is 37.9 Å². The van der Waals surface area contributed by atoms with Gasteiger partial charge >= 0.3 is 0 Å². The van der Waals surface area contributed by atoms with Crippen LogP contribution < -0.4 is 19.5 Å². The summed E-state index contributed by atoms with van der Waals surface area (Å²) < 4.78 is 16.5. The Morgan fingerprint density at radius 2 is 1.70 bits per heavy atom. The third kappa shape index (κ3) is 5.79. The van der Waals surface area contributed by atoms with Gasteiger partial charge in [-0.05, 0) is 56.7 Å². The number of carbonyl (C=O) groups is 1. The summed E-state index contributed by atoms with van der Waals surface area (Å²) in [6, 6.07) is 10.8. The third-order valence-electron chi connectivity index (χ3n) is 4.04. The second kappa shape index (κ2) is 10.1. The second-order valence-electron chi connectivity index (χ2n) is 5.99. The average molecular weight is 392 g/mol. The van der Waals surface area contributed by atoms with E-state index in [2.05, 4.69) is 5.32 Å². The fourth-order valence-corrected chi connectivity index (χ4v) is 2.97. The molecule has 0 aliphatic heterocycles. The summed E-state index contributed by atoms with van der Waals surface area (Å²) in [6.45, 7) is 6.88. The minimum Gasteiger partial charge on any atom is -0.496 e. The molecule has 0 saturated carbocycles. The predicted molar refractivity (Wildman–Crippen MR) is 107 cm³/mol. The fourth-order valence-electron chi connectivity index (χ4n) is 2.77. The Bertz CT molecular complexity index is 779. The summed E-state index contributed by atoms with van der Waals surface area (Å²) in [6.07, 6.45) is 0.184. The SMILES string of the molecule is CCOc1ccc([C@H](C)NC(=O)Cc2cc(Cl)ccc2OC)cc1OCC. The molecule has 2 aromatic rings. The van der Waals surface area contributed by atoms with Gasteiger partial charge < -0.3 is 19.5 Å². The van der Waals surface area contributed by atoms with Crippen molar-refractivity contribution in [2.45, 2.75) is 33.2 Å². The van der Waals surface area contributed by atoms with E-state index < -0.39 is 0 Å². The van der Waals surface area contributed by atoms with Gasteiger partial charge in [0.15, 0.2) is 11.5 Å². The van der Waals surface area contributed by atoms with E-state index in [0.717, 1.165) is 11.1 Å². The number of ether oxygens (including phenoxy) is 3. The van der Waals surface area contributed by atoms with Crippen molar-refractivity contribution in [1.29, 1.82) is 0 Å². The first-order valence-corrected chi connectivity index (χ1v) is 9.37. The Morgan fingerprint density at radius 1 is 1.04 bits per heavy atom. The highest BCUT2D eigenvalue weighted by atomic mass is 35.5. The number of hydrogen-bond donors (Lipinski definition) is 1. The number of amides is 1. The summed E-state index contributed by atoms with van der Waals surface area (Å²) in [7, 11) is 1.57. The van der Waals surface area contributed by atoms with E-state index in [9.17, 15) is 4.79 Å². The summed E-state index contributed by atoms with van der Waals surface area (Å²) >= 11 is 6.03. The molecule has 1 atom stereocenters. The maximum atomic E-state index is 12.5. The van der Waals surface area contributed by atoms with Crippen LogP contribution in [0.15, 0.2) is 36.4 Å². The van der Waals surface area contributed by atoms with Crippen LogP contribution in [-0.4, -0.2) is 26.2 Å². The van der Waals surface area contributed by atoms with Gasteiger partial charge in [0, 0.05) is 10.6 Å². The lowest BCUT2D eigenvalue weighted by atomic mass is 10.1. The molecule has 2 aromatic carbocycles. The van der Waals surface area contributed by atoms with Crippen molar-refractivity contribution in [3.63, 3.8) is 0 Å². The molecular formula is C21H26ClNO4. The molecule has 27 heavy (non-hydrogen) atoms. The number of hydrogen-bond acceptors (Lipinski definition) is 4. The van der Waals surface area contributed by atoms with Crippen molar-refractivity contribution in [2.75, 3.05) is 20.3 Å². The molecule has 0 heterocycles. The molecule has 1 amide bonds. The predicted octanol–water partition coefficient (Wildman–Crippen LogP) is 4.57. The highest BCUT2D eigenvalue weighted by Crippen LogP contribution is 2.31. The van der Waals surface area contributed by atoms with Gasteiger partial charge in [0.2, 0.25) is 5.91 Å². The van der Waals surface area contributed by atoms with Crippen LogP contribution in [0.2, 0.25) is 5.02 Å². The first-order valence-electron chi connectivity index (χ1n) is 8.99. The lowest BCUT2D eigenvalue weighted by Crippen LogP contribution is -2.28. The second-order valence-corrected chi connectivity index (χ2v) is 6.43. The van der Waals surface area contributed by atoms with Crippen LogP contribution in [0.4, 0.5) is 0 Å². The number of nitrogens with one attached hydrogen (secondary N) is 1. The molecular weight excluding hydrogens is 366 g/mol. The summed E-state index contributed by atoms with van der Waals surface area (Å²) in [5.41, 5.74) is 1.68. The Morgan fingerprint density at radius 3 is 2.37 bits per heavy atom. The number of benzene rings is 2. The number of carbonyl (C=O) groups excluding carboxylic acids is 1. The van der Waals surface area contributed by atoms with E-state index >= 15 is 0 Å². The Balaban J connectivity index is 2.10. The van der Waals surface area contributed by atoms with Crippen molar-refractivity contribution in [2.24, 2.45) is 0 Å². The van der Waals surface area contributed by atoms with E-state index in [4.69, 9.17) is 25.8 Å². The zero-order valence-corrected chi connectivity index (χ0v) is 16.9. The molecule has 0 aliphatic carbocycles. The maximum Gasteiger partial charge on any atom is 0.225 e. The molecule has 0 unspecified atom stereocenters. The molecule has 0 radical (unpaired) electrons. The molecule has 0 spiro atoms. The lowest BCUT2D eigenvalue weighted by molar-refractivity contribution is -0.121. The maximum absolute atomic E-state index is 12.5. The Hall–Kier alpha value is -2.40. The van der Waals surface area contributed by atoms with Crippen LogP contribution >= 0.6 is 11.6 Å². The van der Waals surface area contributed by atoms with Crippen molar-refractivity contribution < 1.29 is 19.0 Å². The molecule has 0 bridgehead atoms. The lowest BCUT2D eigenvalue weighted by Gasteiger charge is -2.18. The highest BCUT2D eigenvalue weighted by Gasteiger charge is 2.15. The van der Waals surface area contributed by atoms with Crippen molar-refractivity contribution in [3.8, 4) is 17.2 Å². The smallest absolute Gasteiger partial charge is 0.225 e. The zero-order valence-electron chi connectivity index (χ0n) is 16.2. The van der Waals surface area contributed by atoms with Gasteiger partial charge in [-0.15, -0.1) is 0 Å². The van der Waals surface area contributed by atoms with Crippen LogP contribution in [-0.2, 0) is 11.2 Å².